The Morgan fingerprint density at radius 2 is 1.77 bits per heavy atom. The van der Waals surface area contributed by atoms with Gasteiger partial charge in [0.1, 0.15) is 30.0 Å². The zero-order chi connectivity index (χ0) is 30.5. The van der Waals surface area contributed by atoms with Crippen molar-refractivity contribution in [3.8, 4) is 0 Å². The lowest BCUT2D eigenvalue weighted by molar-refractivity contribution is -0.311. The number of hydrogen-bond donors (Lipinski definition) is 6. The first-order valence-corrected chi connectivity index (χ1v) is 16.7. The van der Waals surface area contributed by atoms with Crippen molar-refractivity contribution in [2.45, 2.75) is 133 Å². The van der Waals surface area contributed by atoms with E-state index < -0.39 is 48.7 Å². The molecule has 244 valence electrons. The first-order valence-electron chi connectivity index (χ1n) is 16.7. The molecule has 3 saturated carbocycles. The Kier molecular flexibility index (Phi) is 7.70. The van der Waals surface area contributed by atoms with Crippen LogP contribution in [0.15, 0.2) is 11.6 Å². The van der Waals surface area contributed by atoms with E-state index in [1.807, 2.05) is 0 Å². The maximum absolute atomic E-state index is 12.7. The van der Waals surface area contributed by atoms with Crippen LogP contribution < -0.4 is 0 Å². The summed E-state index contributed by atoms with van der Waals surface area (Å²) in [6.07, 6.45) is 3.47. The molecule has 16 atom stereocenters. The lowest BCUT2D eigenvalue weighted by Crippen LogP contribution is -2.60. The topological polar surface area (TPSA) is 158 Å². The predicted molar refractivity (Wildman–Crippen MR) is 153 cm³/mol. The van der Waals surface area contributed by atoms with Crippen molar-refractivity contribution in [1.29, 1.82) is 0 Å². The van der Waals surface area contributed by atoms with Crippen molar-refractivity contribution in [3.05, 3.63) is 11.6 Å². The van der Waals surface area contributed by atoms with Crippen LogP contribution in [0, 0.1) is 40.4 Å². The number of aliphatic hydroxyl groups is 6. The fourth-order valence-corrected chi connectivity index (χ4v) is 11.1. The third-order valence-corrected chi connectivity index (χ3v) is 13.8. The summed E-state index contributed by atoms with van der Waals surface area (Å²) in [6.45, 7) is 6.92. The van der Waals surface area contributed by atoms with Crippen LogP contribution >= 0.6 is 0 Å². The number of aliphatic hydroxyl groups excluding tert-OH is 5. The summed E-state index contributed by atoms with van der Waals surface area (Å²) in [5.74, 6) is 0.431. The van der Waals surface area contributed by atoms with Crippen LogP contribution in [0.3, 0.4) is 0 Å². The van der Waals surface area contributed by atoms with Crippen LogP contribution in [-0.2, 0) is 18.9 Å². The van der Waals surface area contributed by atoms with E-state index in [1.165, 1.54) is 5.57 Å². The molecule has 4 aliphatic carbocycles. The van der Waals surface area contributed by atoms with E-state index >= 15 is 0 Å². The quantitative estimate of drug-likeness (QED) is 0.259. The molecular formula is C33H52O10. The monoisotopic (exact) mass is 608 g/mol. The van der Waals surface area contributed by atoms with Gasteiger partial charge in [-0.05, 0) is 74.5 Å². The van der Waals surface area contributed by atoms with E-state index in [4.69, 9.17) is 18.9 Å². The van der Waals surface area contributed by atoms with E-state index in [9.17, 15) is 30.6 Å². The number of allylic oxidation sites excluding steroid dienone is 1. The minimum absolute atomic E-state index is 0.000582. The van der Waals surface area contributed by atoms with Gasteiger partial charge < -0.3 is 49.6 Å². The van der Waals surface area contributed by atoms with Crippen LogP contribution in [0.1, 0.15) is 78.6 Å². The van der Waals surface area contributed by atoms with Crippen LogP contribution in [-0.4, -0.2) is 105 Å². The Labute approximate surface area is 254 Å². The molecule has 0 radical (unpaired) electrons. The highest BCUT2D eigenvalue weighted by atomic mass is 16.7. The molecule has 43 heavy (non-hydrogen) atoms. The average Bonchev–Trinajstić information content (AvgIpc) is 3.35. The summed E-state index contributed by atoms with van der Waals surface area (Å²) in [5, 5.41) is 62.9. The first-order chi connectivity index (χ1) is 20.4. The smallest absolute Gasteiger partial charge is 0.186 e. The summed E-state index contributed by atoms with van der Waals surface area (Å²) < 4.78 is 24.6. The van der Waals surface area contributed by atoms with Crippen molar-refractivity contribution in [2.75, 3.05) is 19.8 Å². The predicted octanol–water partition coefficient (Wildman–Crippen LogP) is 1.63. The van der Waals surface area contributed by atoms with Crippen molar-refractivity contribution < 1.29 is 49.6 Å². The second-order valence-electron chi connectivity index (χ2n) is 15.6. The number of fused-ring (bicyclic) bond motifs is 7. The molecule has 3 saturated heterocycles. The Morgan fingerprint density at radius 3 is 2.49 bits per heavy atom. The van der Waals surface area contributed by atoms with E-state index in [2.05, 4.69) is 26.8 Å². The highest BCUT2D eigenvalue weighted by molar-refractivity contribution is 5.28. The molecule has 1 spiro atoms. The van der Waals surface area contributed by atoms with E-state index in [1.54, 1.807) is 0 Å². The van der Waals surface area contributed by atoms with Crippen LogP contribution in [0.25, 0.3) is 0 Å². The molecule has 3 aliphatic heterocycles. The van der Waals surface area contributed by atoms with Gasteiger partial charge in [-0.25, -0.2) is 0 Å². The zero-order valence-corrected chi connectivity index (χ0v) is 25.8. The fourth-order valence-electron chi connectivity index (χ4n) is 11.1. The third kappa shape index (κ3) is 4.35. The molecule has 7 aliphatic rings. The molecule has 1 unspecified atom stereocenters. The van der Waals surface area contributed by atoms with Gasteiger partial charge in [0.15, 0.2) is 12.1 Å². The minimum atomic E-state index is -1.47. The minimum Gasteiger partial charge on any atom is -0.394 e. The van der Waals surface area contributed by atoms with E-state index in [-0.39, 0.29) is 41.5 Å². The van der Waals surface area contributed by atoms with E-state index in [0.29, 0.717) is 30.8 Å². The fraction of sp³-hybridized carbons (Fsp3) is 0.939. The molecule has 0 bridgehead atoms. The summed E-state index contributed by atoms with van der Waals surface area (Å²) in [4.78, 5) is 0. The van der Waals surface area contributed by atoms with Gasteiger partial charge in [0, 0.05) is 23.7 Å². The van der Waals surface area contributed by atoms with Crippen molar-refractivity contribution in [1.82, 2.24) is 0 Å². The maximum Gasteiger partial charge on any atom is 0.186 e. The highest BCUT2D eigenvalue weighted by Gasteiger charge is 2.76. The Morgan fingerprint density at radius 1 is 0.977 bits per heavy atom. The summed E-state index contributed by atoms with van der Waals surface area (Å²) in [5.41, 5.74) is 0.369. The molecule has 6 N–H and O–H groups in total. The zero-order valence-electron chi connectivity index (χ0n) is 25.8. The molecule has 6 fully saturated rings. The van der Waals surface area contributed by atoms with Crippen LogP contribution in [0.2, 0.25) is 0 Å². The van der Waals surface area contributed by atoms with Crippen LogP contribution in [0.5, 0.6) is 0 Å². The third-order valence-electron chi connectivity index (χ3n) is 13.8. The second-order valence-corrected chi connectivity index (χ2v) is 15.6. The lowest BCUT2D eigenvalue weighted by atomic mass is 9.46. The summed E-state index contributed by atoms with van der Waals surface area (Å²) >= 11 is 0. The Bertz CT molecular complexity index is 1090. The van der Waals surface area contributed by atoms with E-state index in [0.717, 1.165) is 51.4 Å². The summed E-state index contributed by atoms with van der Waals surface area (Å²) in [7, 11) is 0. The molecular weight excluding hydrogens is 556 g/mol. The lowest BCUT2D eigenvalue weighted by Gasteiger charge is -2.59. The van der Waals surface area contributed by atoms with Gasteiger partial charge in [-0.15, -0.1) is 0 Å². The number of ether oxygens (including phenoxy) is 4. The van der Waals surface area contributed by atoms with Gasteiger partial charge in [-0.1, -0.05) is 32.4 Å². The molecule has 0 aromatic heterocycles. The number of hydrogen-bond acceptors (Lipinski definition) is 10. The number of rotatable bonds is 4. The average molecular weight is 609 g/mol. The van der Waals surface area contributed by atoms with Gasteiger partial charge >= 0.3 is 0 Å². The molecule has 0 aromatic rings. The van der Waals surface area contributed by atoms with Crippen LogP contribution in [0.4, 0.5) is 0 Å². The normalized spacial score (nSPS) is 57.9. The van der Waals surface area contributed by atoms with Crippen molar-refractivity contribution in [2.24, 2.45) is 40.4 Å². The maximum atomic E-state index is 12.7. The highest BCUT2D eigenvalue weighted by Crippen LogP contribution is 2.72. The molecule has 10 heteroatoms. The Hall–Kier alpha value is -0.660. The Balaban J connectivity index is 1.01. The second kappa shape index (κ2) is 10.7. The molecule has 0 amide bonds. The first kappa shape index (κ1) is 31.0. The largest absolute Gasteiger partial charge is 0.394 e. The standard InChI is InChI=1S/C33H52O10/c1-17-32(11-6-18(16-41-32)15-40-29-28(38)27(37)26(36)24(14-34)42-29)43-25-13-23-21-5-4-19-12-20(35)7-9-30(19,2)22(21)8-10-31(23,3)33(17,25)39/h4,17-18,20-29,34-39H,5-16H2,1-3H3/t17-,18?,20+,21-,22+,23+,24-,25+,26-,27+,28-,29-,30+,31+,32-,33-/m1/s1. The molecule has 7 rings (SSSR count). The molecule has 10 nitrogen and oxygen atoms in total. The summed E-state index contributed by atoms with van der Waals surface area (Å²) in [6, 6.07) is 0. The van der Waals surface area contributed by atoms with Crippen molar-refractivity contribution in [3.63, 3.8) is 0 Å². The molecule has 3 heterocycles. The van der Waals surface area contributed by atoms with Crippen molar-refractivity contribution >= 4 is 0 Å². The van der Waals surface area contributed by atoms with Gasteiger partial charge in [0.05, 0.1) is 32.0 Å². The molecule has 0 aromatic carbocycles. The van der Waals surface area contributed by atoms with Gasteiger partial charge in [-0.2, -0.15) is 0 Å². The van der Waals surface area contributed by atoms with Gasteiger partial charge in [0.25, 0.3) is 0 Å². The van der Waals surface area contributed by atoms with Gasteiger partial charge in [0.2, 0.25) is 0 Å². The van der Waals surface area contributed by atoms with Gasteiger partial charge in [-0.3, -0.25) is 0 Å². The SMILES string of the molecule is C[C@@H]1[C@@]2(CCC(CO[C@@H]3O[C@H](CO)[C@@H](O)[C@H](O)[C@H]3O)CO2)O[C@H]2C[C@H]3[C@@H]4CC=C5C[C@@H](O)CC[C@]5(C)[C@H]4CC[C@]3(C)[C@]21O.